The molecule has 1 nitrogen and oxygen atoms in total. The summed E-state index contributed by atoms with van der Waals surface area (Å²) in [4.78, 5) is 0. The van der Waals surface area contributed by atoms with Crippen molar-refractivity contribution in [3.8, 4) is 0 Å². The second-order valence-corrected chi connectivity index (χ2v) is 4.04. The molecule has 58 valence electrons. The summed E-state index contributed by atoms with van der Waals surface area (Å²) in [7, 11) is 0. The molecule has 10 heavy (non-hydrogen) atoms. The Morgan fingerprint density at radius 1 is 1.40 bits per heavy atom. The van der Waals surface area contributed by atoms with Gasteiger partial charge in [-0.1, -0.05) is 25.5 Å². The van der Waals surface area contributed by atoms with Gasteiger partial charge >= 0.3 is 0 Å². The maximum absolute atomic E-state index is 9.36. The van der Waals surface area contributed by atoms with Gasteiger partial charge < -0.3 is 5.11 Å². The van der Waals surface area contributed by atoms with Crippen LogP contribution in [0.3, 0.4) is 0 Å². The third-order valence-corrected chi connectivity index (χ3v) is 2.37. The molecule has 0 heterocycles. The van der Waals surface area contributed by atoms with Crippen molar-refractivity contribution in [3.05, 3.63) is 11.6 Å². The van der Waals surface area contributed by atoms with Crippen LogP contribution in [0.25, 0.3) is 0 Å². The molecule has 0 bridgehead atoms. The van der Waals surface area contributed by atoms with Crippen LogP contribution < -0.4 is 0 Å². The summed E-state index contributed by atoms with van der Waals surface area (Å²) < 4.78 is 0. The molecule has 0 saturated heterocycles. The van der Waals surface area contributed by atoms with Gasteiger partial charge in [-0.3, -0.25) is 0 Å². The summed E-state index contributed by atoms with van der Waals surface area (Å²) >= 11 is 0. The molecule has 1 saturated carbocycles. The Hall–Kier alpha value is -0.300. The molecule has 1 N–H and O–H groups in total. The number of hydrogen-bond acceptors (Lipinski definition) is 1. The minimum Gasteiger partial charge on any atom is -0.392 e. The summed E-state index contributed by atoms with van der Waals surface area (Å²) in [5.74, 6) is 0.400. The zero-order valence-corrected chi connectivity index (χ0v) is 7.18. The Morgan fingerprint density at radius 3 is 1.90 bits per heavy atom. The average molecular weight is 140 g/mol. The van der Waals surface area contributed by atoms with Gasteiger partial charge in [0.15, 0.2) is 0 Å². The lowest BCUT2D eigenvalue weighted by Crippen LogP contribution is -1.91. The van der Waals surface area contributed by atoms with E-state index in [1.807, 2.05) is 0 Å². The van der Waals surface area contributed by atoms with Crippen molar-refractivity contribution in [2.75, 3.05) is 0 Å². The first-order chi connectivity index (χ1) is 4.46. The molecule has 1 aliphatic carbocycles. The summed E-state index contributed by atoms with van der Waals surface area (Å²) in [6.45, 7) is 8.34. The molecule has 0 unspecified atom stereocenters. The van der Waals surface area contributed by atoms with E-state index in [1.54, 1.807) is 0 Å². The molecule has 0 spiro atoms. The van der Waals surface area contributed by atoms with Crippen LogP contribution in [0.2, 0.25) is 0 Å². The maximum atomic E-state index is 9.36. The van der Waals surface area contributed by atoms with Gasteiger partial charge in [0, 0.05) is 11.3 Å². The van der Waals surface area contributed by atoms with Gasteiger partial charge in [0.2, 0.25) is 0 Å². The zero-order chi connectivity index (χ0) is 7.94. The molecular weight excluding hydrogens is 124 g/mol. The fraction of sp³-hybridized carbons (Fsp3) is 0.778. The minimum absolute atomic E-state index is 0.109. The molecule has 1 rings (SSSR count). The largest absolute Gasteiger partial charge is 0.392 e. The van der Waals surface area contributed by atoms with Gasteiger partial charge in [-0.15, -0.1) is 0 Å². The van der Waals surface area contributed by atoms with Crippen LogP contribution in [0.4, 0.5) is 0 Å². The lowest BCUT2D eigenvalue weighted by Gasteiger charge is -1.95. The molecule has 0 aromatic carbocycles. The minimum atomic E-state index is -0.109. The van der Waals surface area contributed by atoms with Crippen LogP contribution in [-0.4, -0.2) is 11.2 Å². The molecule has 1 aliphatic rings. The van der Waals surface area contributed by atoms with E-state index in [9.17, 15) is 5.11 Å². The SMILES string of the molecule is CC(C)=C[C@@H]1[C@H](O)C1(C)C. The molecule has 1 heteroatoms. The average Bonchev–Trinajstić information content (AvgIpc) is 2.17. The lowest BCUT2D eigenvalue weighted by atomic mass is 10.1. The van der Waals surface area contributed by atoms with Crippen molar-refractivity contribution < 1.29 is 5.11 Å². The number of allylic oxidation sites excluding steroid dienone is 1. The summed E-state index contributed by atoms with van der Waals surface area (Å²) in [5.41, 5.74) is 1.44. The standard InChI is InChI=1S/C9H16O/c1-6(2)5-7-8(10)9(7,3)4/h5,7-8,10H,1-4H3/t7-,8+/m1/s1. The van der Waals surface area contributed by atoms with Crippen molar-refractivity contribution in [1.82, 2.24) is 0 Å². The predicted molar refractivity (Wildman–Crippen MR) is 42.7 cm³/mol. The van der Waals surface area contributed by atoms with Crippen LogP contribution in [0, 0.1) is 11.3 Å². The van der Waals surface area contributed by atoms with E-state index in [4.69, 9.17) is 0 Å². The summed E-state index contributed by atoms with van der Waals surface area (Å²) in [5, 5.41) is 9.36. The molecule has 0 aromatic rings. The van der Waals surface area contributed by atoms with E-state index in [0.29, 0.717) is 5.92 Å². The molecule has 1 fully saturated rings. The van der Waals surface area contributed by atoms with Gasteiger partial charge in [-0.2, -0.15) is 0 Å². The normalized spacial score (nSPS) is 35.3. The van der Waals surface area contributed by atoms with Gasteiger partial charge in [0.1, 0.15) is 0 Å². The third-order valence-electron chi connectivity index (χ3n) is 2.37. The number of rotatable bonds is 1. The topological polar surface area (TPSA) is 20.2 Å². The number of aliphatic hydroxyl groups is 1. The van der Waals surface area contributed by atoms with Crippen LogP contribution >= 0.6 is 0 Å². The van der Waals surface area contributed by atoms with Gasteiger partial charge in [-0.25, -0.2) is 0 Å². The smallest absolute Gasteiger partial charge is 0.0666 e. The first-order valence-corrected chi connectivity index (χ1v) is 3.79. The molecule has 0 aromatic heterocycles. The van der Waals surface area contributed by atoms with Crippen LogP contribution in [0.1, 0.15) is 27.7 Å². The van der Waals surface area contributed by atoms with E-state index in [2.05, 4.69) is 33.8 Å². The van der Waals surface area contributed by atoms with E-state index >= 15 is 0 Å². The highest BCUT2D eigenvalue weighted by atomic mass is 16.3. The van der Waals surface area contributed by atoms with Crippen molar-refractivity contribution in [1.29, 1.82) is 0 Å². The Bertz CT molecular complexity index is 164. The lowest BCUT2D eigenvalue weighted by molar-refractivity contribution is 0.232. The van der Waals surface area contributed by atoms with Gasteiger partial charge in [0.05, 0.1) is 6.10 Å². The summed E-state index contributed by atoms with van der Waals surface area (Å²) in [6.07, 6.45) is 2.05. The Labute approximate surface area is 62.8 Å². The Kier molecular flexibility index (Phi) is 1.63. The highest BCUT2D eigenvalue weighted by Gasteiger charge is 2.55. The highest BCUT2D eigenvalue weighted by Crippen LogP contribution is 2.52. The monoisotopic (exact) mass is 140 g/mol. The summed E-state index contributed by atoms with van der Waals surface area (Å²) in [6, 6.07) is 0. The molecule has 0 radical (unpaired) electrons. The first-order valence-electron chi connectivity index (χ1n) is 3.79. The van der Waals surface area contributed by atoms with E-state index in [1.165, 1.54) is 5.57 Å². The van der Waals surface area contributed by atoms with Crippen LogP contribution in [0.5, 0.6) is 0 Å². The van der Waals surface area contributed by atoms with Crippen molar-refractivity contribution in [2.24, 2.45) is 11.3 Å². The van der Waals surface area contributed by atoms with Gasteiger partial charge in [-0.05, 0) is 13.8 Å². The molecular formula is C9H16O. The number of hydrogen-bond donors (Lipinski definition) is 1. The first kappa shape index (κ1) is 7.80. The fourth-order valence-corrected chi connectivity index (χ4v) is 1.31. The molecule has 2 atom stereocenters. The number of aliphatic hydroxyl groups excluding tert-OH is 1. The maximum Gasteiger partial charge on any atom is 0.0666 e. The fourth-order valence-electron chi connectivity index (χ4n) is 1.31. The predicted octanol–water partition coefficient (Wildman–Crippen LogP) is 1.97. The van der Waals surface area contributed by atoms with Crippen molar-refractivity contribution in [2.45, 2.75) is 33.8 Å². The van der Waals surface area contributed by atoms with Crippen LogP contribution in [-0.2, 0) is 0 Å². The highest BCUT2D eigenvalue weighted by molar-refractivity contribution is 5.17. The molecule has 0 amide bonds. The Morgan fingerprint density at radius 2 is 1.80 bits per heavy atom. The van der Waals surface area contributed by atoms with Crippen LogP contribution in [0.15, 0.2) is 11.6 Å². The van der Waals surface area contributed by atoms with Crippen molar-refractivity contribution in [3.63, 3.8) is 0 Å². The van der Waals surface area contributed by atoms with Gasteiger partial charge in [0.25, 0.3) is 0 Å². The van der Waals surface area contributed by atoms with E-state index in [0.717, 1.165) is 0 Å². The quantitative estimate of drug-likeness (QED) is 0.552. The Balaban J connectivity index is 2.58. The van der Waals surface area contributed by atoms with E-state index < -0.39 is 0 Å². The second-order valence-electron chi connectivity index (χ2n) is 4.04. The van der Waals surface area contributed by atoms with Crippen molar-refractivity contribution >= 4 is 0 Å². The zero-order valence-electron chi connectivity index (χ0n) is 7.18. The molecule has 0 aliphatic heterocycles. The van der Waals surface area contributed by atoms with E-state index in [-0.39, 0.29) is 11.5 Å². The second kappa shape index (κ2) is 2.09. The third kappa shape index (κ3) is 1.10.